The van der Waals surface area contributed by atoms with Crippen molar-refractivity contribution in [2.45, 2.75) is 11.8 Å². The molecule has 4 aromatic carbocycles. The fourth-order valence-electron chi connectivity index (χ4n) is 3.54. The lowest BCUT2D eigenvalue weighted by molar-refractivity contribution is -0.121. The lowest BCUT2D eigenvalue weighted by Gasteiger charge is -2.13. The van der Waals surface area contributed by atoms with Gasteiger partial charge in [-0.15, -0.1) is 0 Å². The van der Waals surface area contributed by atoms with Crippen LogP contribution in [0.25, 0.3) is 10.8 Å². The Morgan fingerprint density at radius 3 is 2.28 bits per heavy atom. The maximum atomic E-state index is 12.7. The molecule has 0 unspecified atom stereocenters. The van der Waals surface area contributed by atoms with Crippen LogP contribution in [0, 0.1) is 0 Å². The number of hydrogen-bond donors (Lipinski definition) is 3. The van der Waals surface area contributed by atoms with E-state index >= 15 is 0 Å². The van der Waals surface area contributed by atoms with E-state index in [-0.39, 0.29) is 16.6 Å². The van der Waals surface area contributed by atoms with Crippen molar-refractivity contribution in [2.75, 3.05) is 23.3 Å². The molecule has 1 amide bonds. The molecule has 0 heterocycles. The molecule has 4 aromatic rings. The zero-order chi connectivity index (χ0) is 28.0. The summed E-state index contributed by atoms with van der Waals surface area (Å²) < 4.78 is 40.7. The largest absolute Gasteiger partial charge is 0.494 e. The van der Waals surface area contributed by atoms with E-state index in [2.05, 4.69) is 47.2 Å². The average Bonchev–Trinajstić information content (AvgIpc) is 2.89. The van der Waals surface area contributed by atoms with Crippen molar-refractivity contribution in [3.05, 3.63) is 87.8 Å². The first-order chi connectivity index (χ1) is 18.6. The molecule has 0 aromatic heterocycles. The number of nitrogens with one attached hydrogen (secondary N) is 3. The SMILES string of the molecule is CCOc1ccc(NS(=O)(=O)c2ccc(NC(=S)NC(=O)COc3ccc4cc(Br)ccc4c3Br)cc2)cc1. The zero-order valence-corrected chi connectivity index (χ0v) is 25.3. The van der Waals surface area contributed by atoms with Crippen molar-refractivity contribution in [2.24, 2.45) is 0 Å². The standard InChI is InChI=1S/C27H23Br2N3O5S2/c1-2-36-21-9-5-20(6-10-21)32-39(34,35)22-11-7-19(8-12-22)30-27(38)31-25(33)16-37-24-14-3-17-15-18(28)4-13-23(17)26(24)29/h3-15,32H,2,16H2,1H3,(H2,30,31,33,38). The van der Waals surface area contributed by atoms with Crippen LogP contribution in [0.4, 0.5) is 11.4 Å². The molecule has 3 N–H and O–H groups in total. The van der Waals surface area contributed by atoms with E-state index in [1.165, 1.54) is 12.1 Å². The Bertz CT molecular complexity index is 1610. The highest BCUT2D eigenvalue weighted by Gasteiger charge is 2.15. The summed E-state index contributed by atoms with van der Waals surface area (Å²) in [5, 5.41) is 7.43. The lowest BCUT2D eigenvalue weighted by atomic mass is 10.1. The van der Waals surface area contributed by atoms with Gasteiger partial charge in [-0.25, -0.2) is 8.42 Å². The van der Waals surface area contributed by atoms with E-state index in [9.17, 15) is 13.2 Å². The van der Waals surface area contributed by atoms with E-state index < -0.39 is 15.9 Å². The maximum Gasteiger partial charge on any atom is 0.264 e. The van der Waals surface area contributed by atoms with Crippen molar-refractivity contribution >= 4 is 87.3 Å². The Balaban J connectivity index is 1.29. The normalized spacial score (nSPS) is 11.1. The molecule has 0 bridgehead atoms. The average molecular weight is 693 g/mol. The molecule has 0 atom stereocenters. The van der Waals surface area contributed by atoms with E-state index in [0.717, 1.165) is 19.7 Å². The molecule has 202 valence electrons. The van der Waals surface area contributed by atoms with Gasteiger partial charge in [0.25, 0.3) is 15.9 Å². The van der Waals surface area contributed by atoms with E-state index in [1.54, 1.807) is 42.5 Å². The molecule has 0 aliphatic heterocycles. The monoisotopic (exact) mass is 691 g/mol. The molecule has 4 rings (SSSR count). The van der Waals surface area contributed by atoms with Gasteiger partial charge in [-0.3, -0.25) is 14.8 Å². The van der Waals surface area contributed by atoms with Gasteiger partial charge in [-0.1, -0.05) is 28.1 Å². The summed E-state index contributed by atoms with van der Waals surface area (Å²) in [6, 6.07) is 22.1. The van der Waals surface area contributed by atoms with Gasteiger partial charge in [0, 0.05) is 15.8 Å². The lowest BCUT2D eigenvalue weighted by Crippen LogP contribution is -2.37. The number of carbonyl (C=O) groups is 1. The highest BCUT2D eigenvalue weighted by molar-refractivity contribution is 9.11. The summed E-state index contributed by atoms with van der Waals surface area (Å²) in [7, 11) is -3.80. The van der Waals surface area contributed by atoms with Crippen LogP contribution in [0.2, 0.25) is 0 Å². The molecule has 0 aliphatic carbocycles. The minimum Gasteiger partial charge on any atom is -0.494 e. The van der Waals surface area contributed by atoms with Crippen molar-refractivity contribution in [1.82, 2.24) is 5.32 Å². The van der Waals surface area contributed by atoms with Gasteiger partial charge in [0.05, 0.1) is 16.0 Å². The number of thiocarbonyl (C=S) groups is 1. The summed E-state index contributed by atoms with van der Waals surface area (Å²) in [6.45, 7) is 2.14. The molecule has 0 fully saturated rings. The molecule has 12 heteroatoms. The van der Waals surface area contributed by atoms with E-state index in [1.807, 2.05) is 31.2 Å². The van der Waals surface area contributed by atoms with Crippen LogP contribution in [0.1, 0.15) is 6.92 Å². The summed E-state index contributed by atoms with van der Waals surface area (Å²) >= 11 is 12.2. The number of amides is 1. The second kappa shape index (κ2) is 12.8. The maximum absolute atomic E-state index is 12.7. The molecule has 0 aliphatic rings. The number of hydrogen-bond acceptors (Lipinski definition) is 6. The number of rotatable bonds is 9. The number of carbonyl (C=O) groups excluding carboxylic acids is 1. The minimum atomic E-state index is -3.80. The topological polar surface area (TPSA) is 106 Å². The highest BCUT2D eigenvalue weighted by Crippen LogP contribution is 2.34. The van der Waals surface area contributed by atoms with Crippen molar-refractivity contribution < 1.29 is 22.7 Å². The molecular weight excluding hydrogens is 670 g/mol. The van der Waals surface area contributed by atoms with Crippen LogP contribution in [0.3, 0.4) is 0 Å². The first-order valence-corrected chi connectivity index (χ1v) is 15.1. The minimum absolute atomic E-state index is 0.0501. The quantitative estimate of drug-likeness (QED) is 0.173. The Morgan fingerprint density at radius 2 is 1.59 bits per heavy atom. The van der Waals surface area contributed by atoms with Crippen molar-refractivity contribution in [1.29, 1.82) is 0 Å². The Hall–Kier alpha value is -3.19. The summed E-state index contributed by atoms with van der Waals surface area (Å²) in [5.74, 6) is 0.726. The third-order valence-corrected chi connectivity index (χ3v) is 8.24. The second-order valence-corrected chi connectivity index (χ2v) is 11.9. The van der Waals surface area contributed by atoms with Crippen molar-refractivity contribution in [3.8, 4) is 11.5 Å². The van der Waals surface area contributed by atoms with Crippen molar-refractivity contribution in [3.63, 3.8) is 0 Å². The summed E-state index contributed by atoms with van der Waals surface area (Å²) in [6.07, 6.45) is 0. The third-order valence-electron chi connectivity index (χ3n) is 5.33. The van der Waals surface area contributed by atoms with Gasteiger partial charge < -0.3 is 14.8 Å². The number of fused-ring (bicyclic) bond motifs is 1. The number of halogens is 2. The van der Waals surface area contributed by atoms with Crippen LogP contribution in [0.15, 0.2) is 92.7 Å². The molecule has 0 spiro atoms. The number of anilines is 2. The smallest absolute Gasteiger partial charge is 0.264 e. The van der Waals surface area contributed by atoms with Gasteiger partial charge >= 0.3 is 0 Å². The van der Waals surface area contributed by atoms with Crippen LogP contribution < -0.4 is 24.8 Å². The summed E-state index contributed by atoms with van der Waals surface area (Å²) in [4.78, 5) is 12.4. The fraction of sp³-hybridized carbons (Fsp3) is 0.111. The molecule has 0 saturated heterocycles. The molecule has 0 saturated carbocycles. The van der Waals surface area contributed by atoms with Crippen LogP contribution in [-0.2, 0) is 14.8 Å². The molecular formula is C27H23Br2N3O5S2. The first-order valence-electron chi connectivity index (χ1n) is 11.6. The van der Waals surface area contributed by atoms with Gasteiger partial charge in [0.1, 0.15) is 11.5 Å². The zero-order valence-electron chi connectivity index (χ0n) is 20.5. The van der Waals surface area contributed by atoms with Gasteiger partial charge in [-0.05, 0) is 113 Å². The van der Waals surface area contributed by atoms with Gasteiger partial charge in [-0.2, -0.15) is 0 Å². The molecule has 0 radical (unpaired) electrons. The fourth-order valence-corrected chi connectivity index (χ4v) is 5.82. The van der Waals surface area contributed by atoms with Crippen LogP contribution in [-0.4, -0.2) is 32.7 Å². The van der Waals surface area contributed by atoms with Gasteiger partial charge in [0.15, 0.2) is 11.7 Å². The highest BCUT2D eigenvalue weighted by atomic mass is 79.9. The third kappa shape index (κ3) is 7.69. The number of sulfonamides is 1. The van der Waals surface area contributed by atoms with E-state index in [4.69, 9.17) is 21.7 Å². The summed E-state index contributed by atoms with van der Waals surface area (Å²) in [5.41, 5.74) is 0.917. The second-order valence-electron chi connectivity index (χ2n) is 8.12. The molecule has 8 nitrogen and oxygen atoms in total. The van der Waals surface area contributed by atoms with E-state index in [0.29, 0.717) is 29.5 Å². The first kappa shape index (κ1) is 28.8. The Kier molecular flexibility index (Phi) is 9.44. The number of ether oxygens (including phenoxy) is 2. The van der Waals surface area contributed by atoms with Crippen LogP contribution in [0.5, 0.6) is 11.5 Å². The predicted octanol–water partition coefficient (Wildman–Crippen LogP) is 6.46. The predicted molar refractivity (Wildman–Crippen MR) is 164 cm³/mol. The Morgan fingerprint density at radius 1 is 0.897 bits per heavy atom. The van der Waals surface area contributed by atoms with Crippen LogP contribution >= 0.6 is 44.1 Å². The molecule has 39 heavy (non-hydrogen) atoms. The number of benzene rings is 4. The Labute approximate surface area is 248 Å². The van der Waals surface area contributed by atoms with Gasteiger partial charge in [0.2, 0.25) is 0 Å².